The first-order chi connectivity index (χ1) is 68.1. The van der Waals surface area contributed by atoms with E-state index in [1.54, 1.807) is 11.1 Å². The summed E-state index contributed by atoms with van der Waals surface area (Å²) in [4.78, 5) is 26.3. The zero-order valence-corrected chi connectivity index (χ0v) is 92.4. The number of aryl methyl sites for hydroxylation is 5. The van der Waals surface area contributed by atoms with Crippen molar-refractivity contribution in [2.75, 3.05) is 24.5 Å². The van der Waals surface area contributed by atoms with Gasteiger partial charge in [-0.3, -0.25) is 0 Å². The van der Waals surface area contributed by atoms with E-state index in [0.717, 1.165) is 5.56 Å². The zero-order chi connectivity index (χ0) is 103. The maximum atomic E-state index is 9.27. The summed E-state index contributed by atoms with van der Waals surface area (Å²) in [6, 6.07) is 99.0. The maximum Gasteiger partial charge on any atom is 0.112 e. The SMILES string of the molecule is C.C.C.C.C.CC1=C2c3ccccc3C(C)(C)N2C(C(C)(C)C)N1c1ccccc1C.CC1=C2c3ccccc3C(C)(C3CCCC3)N2C(C(C)(C)C)N1c1ccccc1C.CC1=C2c3ccccc3C(C)(C3CCCCC3)N2C(C(C)(C)C)N1c1ccccc1C.CC1=C2c3ccccc3C(C)(c3ccccc3)N2C(C(C)(C)C)N1c1ccccc1C.[2H]C1(C)c2ccccc2C2=C(C)N(c3ccccc3C)C(C(C)(C)C)N21. The number of para-hydroxylation sites is 5. The number of rotatable bonds is 8. The molecule has 148 heavy (non-hydrogen) atoms. The van der Waals surface area contributed by atoms with E-state index >= 15 is 0 Å². The monoisotopic (exact) mass is 1980 g/mol. The van der Waals surface area contributed by atoms with E-state index in [4.69, 9.17) is 0 Å². The number of benzene rings is 11. The topological polar surface area (TPSA) is 32.4 Å². The summed E-state index contributed by atoms with van der Waals surface area (Å²) in [5.41, 5.74) is 42.2. The summed E-state index contributed by atoms with van der Waals surface area (Å²) in [5, 5.41) is 0. The Bertz CT molecular complexity index is 6760. The standard InChI is InChI=1S/C29H38N2.C29H32N2.C28H36N2.C24H30N2.C23H28N2.5CH4/c2*1-20-14-10-13-19-25(20)30-21(2)26-23-17-11-12-18-24(23)29(6,22-15-8-7-9-16-22)31(26)27(30)28(3,4)5;1-19-13-7-12-18-24(19)29-20(2)25-22-16-10-11-17-23(22)28(6,21-14-8-9-15-21)30(25)26(29)27(3,4)5;1-16-12-8-11-15-20(16)25-17(2)21-18-13-9-10-14-19(18)24(6,7)26(21)22(25)23(3,4)5;1-15-11-7-10-14-20(15)24-17(3)21-19-13-9-8-12-18(19)16(2)25(21)22(24)23(4,5)6;;;;;/h10-14,17-19,22,27H,7-9,15-16H2,1-6H3;7-19,27H,1-6H3;7,10-13,16-18,21,26H,8-9,14-15H2,1-6H3;8-15,22H,1-7H3;7-14,16,22H,1-6H3;5*1H4/i;;;;16D;;;;;. The van der Waals surface area contributed by atoms with Crippen LogP contribution in [0.2, 0.25) is 0 Å². The molecule has 0 aromatic heterocycles. The molecule has 0 amide bonds. The Morgan fingerprint density at radius 1 is 0.250 bits per heavy atom. The molecule has 0 spiro atoms. The first-order valence-corrected chi connectivity index (χ1v) is 53.9. The second-order valence-electron chi connectivity index (χ2n) is 49.9. The molecule has 0 radical (unpaired) electrons. The van der Waals surface area contributed by atoms with Crippen LogP contribution in [-0.2, 0) is 22.2 Å². The summed E-state index contributed by atoms with van der Waals surface area (Å²) in [6.45, 7) is 72.4. The number of hydrogen-bond acceptors (Lipinski definition) is 10. The van der Waals surface area contributed by atoms with Crippen LogP contribution >= 0.6 is 0 Å². The lowest BCUT2D eigenvalue weighted by Crippen LogP contribution is -2.57. The van der Waals surface area contributed by atoms with Crippen LogP contribution < -0.4 is 24.5 Å². The van der Waals surface area contributed by atoms with E-state index in [1.807, 2.05) is 6.92 Å². The van der Waals surface area contributed by atoms with Crippen LogP contribution in [0.25, 0.3) is 28.5 Å². The molecule has 11 aromatic carbocycles. The van der Waals surface area contributed by atoms with Crippen LogP contribution in [0.3, 0.4) is 0 Å². The van der Waals surface area contributed by atoms with Gasteiger partial charge in [-0.1, -0.05) is 416 Å². The highest BCUT2D eigenvalue weighted by atomic mass is 15.5. The first-order valence-electron chi connectivity index (χ1n) is 54.4. The minimum atomic E-state index is -0.775. The van der Waals surface area contributed by atoms with E-state index in [9.17, 15) is 1.37 Å². The summed E-state index contributed by atoms with van der Waals surface area (Å²) >= 11 is 0. The molecule has 9 atom stereocenters. The summed E-state index contributed by atoms with van der Waals surface area (Å²) < 4.78 is 9.27. The van der Waals surface area contributed by atoms with Gasteiger partial charge >= 0.3 is 0 Å². The average Bonchev–Trinajstić information content (AvgIpc) is 1.53. The fraction of sp³-hybridized carbons (Fsp3) is 0.449. The molecule has 0 N–H and O–H groups in total. The van der Waals surface area contributed by atoms with Gasteiger partial charge in [-0.05, 0) is 240 Å². The third kappa shape index (κ3) is 17.8. The number of allylic oxidation sites excluding steroid dienone is 5. The van der Waals surface area contributed by atoms with Gasteiger partial charge in [0.1, 0.15) is 30.8 Å². The largest absolute Gasteiger partial charge is 0.342 e. The minimum Gasteiger partial charge on any atom is -0.342 e. The Balaban J connectivity index is 0.000000146. The Hall–Kier alpha value is -11.9. The quantitative estimate of drug-likeness (QED) is 0.147. The molecule has 786 valence electrons. The zero-order valence-electron chi connectivity index (χ0n) is 93.4. The fourth-order valence-electron chi connectivity index (χ4n) is 28.4. The van der Waals surface area contributed by atoms with Crippen molar-refractivity contribution in [1.82, 2.24) is 24.5 Å². The lowest BCUT2D eigenvalue weighted by Gasteiger charge is -2.52. The smallest absolute Gasteiger partial charge is 0.112 e. The van der Waals surface area contributed by atoms with Gasteiger partial charge in [0.15, 0.2) is 0 Å². The molecular formula is C138H184N10. The minimum absolute atomic E-state index is 0. The maximum absolute atomic E-state index is 9.27. The van der Waals surface area contributed by atoms with Gasteiger partial charge in [0.05, 0.1) is 58.0 Å². The molecule has 11 aromatic rings. The van der Waals surface area contributed by atoms with E-state index in [1.165, 1.54) is 216 Å². The molecule has 2 saturated carbocycles. The lowest BCUT2D eigenvalue weighted by molar-refractivity contribution is 0.0229. The molecule has 10 heterocycles. The molecule has 9 unspecified atom stereocenters. The normalized spacial score (nSPS) is 23.8. The Morgan fingerprint density at radius 2 is 0.493 bits per heavy atom. The highest BCUT2D eigenvalue weighted by Crippen LogP contribution is 2.67. The number of nitrogens with zero attached hydrogens (tertiary/aromatic N) is 10. The van der Waals surface area contributed by atoms with Gasteiger partial charge in [-0.25, -0.2) is 0 Å². The Labute approximate surface area is 899 Å². The molecule has 12 aliphatic rings. The summed E-state index contributed by atoms with van der Waals surface area (Å²) in [7, 11) is 0. The predicted octanol–water partition coefficient (Wildman–Crippen LogP) is 37.4. The van der Waals surface area contributed by atoms with Gasteiger partial charge in [0, 0.05) is 112 Å². The van der Waals surface area contributed by atoms with Crippen molar-refractivity contribution in [1.29, 1.82) is 0 Å². The third-order valence-electron chi connectivity index (χ3n) is 34.8. The van der Waals surface area contributed by atoms with E-state index < -0.39 is 6.02 Å². The molecule has 10 nitrogen and oxygen atoms in total. The molecule has 10 aliphatic heterocycles. The Morgan fingerprint density at radius 3 is 0.838 bits per heavy atom. The molecule has 0 bridgehead atoms. The van der Waals surface area contributed by atoms with Crippen molar-refractivity contribution >= 4 is 56.9 Å². The Kier molecular flexibility index (Phi) is 30.6. The van der Waals surface area contributed by atoms with Crippen LogP contribution in [0.1, 0.15) is 371 Å². The van der Waals surface area contributed by atoms with Crippen molar-refractivity contribution < 1.29 is 1.37 Å². The third-order valence-corrected chi connectivity index (χ3v) is 34.8. The molecule has 2 aliphatic carbocycles. The van der Waals surface area contributed by atoms with Crippen molar-refractivity contribution in [2.45, 2.75) is 369 Å². The van der Waals surface area contributed by atoms with Crippen LogP contribution in [0.5, 0.6) is 0 Å². The van der Waals surface area contributed by atoms with Gasteiger partial charge in [-0.15, -0.1) is 0 Å². The lowest BCUT2D eigenvalue weighted by atomic mass is 9.71. The summed E-state index contributed by atoms with van der Waals surface area (Å²) in [5.74, 6) is 1.42. The highest BCUT2D eigenvalue weighted by molar-refractivity contribution is 5.89. The van der Waals surface area contributed by atoms with Crippen molar-refractivity contribution in [3.05, 3.63) is 390 Å². The van der Waals surface area contributed by atoms with Crippen LogP contribution in [0, 0.1) is 73.5 Å². The molecule has 0 saturated heterocycles. The first kappa shape index (κ1) is 110. The van der Waals surface area contributed by atoms with Gasteiger partial charge < -0.3 is 49.0 Å². The molecule has 2 fully saturated rings. The number of fused-ring (bicyclic) bond motifs is 15. The van der Waals surface area contributed by atoms with Crippen molar-refractivity contribution in [3.8, 4) is 0 Å². The summed E-state index contributed by atoms with van der Waals surface area (Å²) in [6.07, 6.45) is 13.4. The van der Waals surface area contributed by atoms with E-state index in [0.29, 0.717) is 24.2 Å². The number of anilines is 5. The number of hydrogen-bond donors (Lipinski definition) is 0. The predicted molar refractivity (Wildman–Crippen MR) is 640 cm³/mol. The molecular weight excluding hydrogens is 1800 g/mol. The second kappa shape index (κ2) is 41.1. The second-order valence-corrected chi connectivity index (χ2v) is 49.9. The van der Waals surface area contributed by atoms with Gasteiger partial charge in [-0.2, -0.15) is 0 Å². The van der Waals surface area contributed by atoms with Crippen LogP contribution in [-0.4, -0.2) is 55.3 Å². The average molecular weight is 1980 g/mol. The fourth-order valence-corrected chi connectivity index (χ4v) is 28.4. The molecule has 10 heteroatoms. The van der Waals surface area contributed by atoms with Crippen LogP contribution in [0.4, 0.5) is 28.4 Å². The van der Waals surface area contributed by atoms with E-state index in [-0.39, 0.29) is 105 Å². The van der Waals surface area contributed by atoms with E-state index in [2.05, 4.69) is 530 Å². The van der Waals surface area contributed by atoms with Crippen LogP contribution in [0.15, 0.2) is 301 Å². The highest BCUT2D eigenvalue weighted by Gasteiger charge is 2.64. The van der Waals surface area contributed by atoms with Crippen molar-refractivity contribution in [3.63, 3.8) is 0 Å². The van der Waals surface area contributed by atoms with Crippen molar-refractivity contribution in [2.24, 2.45) is 38.9 Å². The molecule has 23 rings (SSSR count). The van der Waals surface area contributed by atoms with Gasteiger partial charge in [0.2, 0.25) is 0 Å². The van der Waals surface area contributed by atoms with Gasteiger partial charge in [0.25, 0.3) is 0 Å².